The molecule has 0 bridgehead atoms. The Bertz CT molecular complexity index is 394. The lowest BCUT2D eigenvalue weighted by molar-refractivity contribution is 0.328. The first-order valence-electron chi connectivity index (χ1n) is 4.55. The fourth-order valence-electron chi connectivity index (χ4n) is 1.47. The normalized spacial score (nSPS) is 15.9. The standard InChI is InChI=1S/C10H14N4/c1-8-9-5-11-6-14(9)12-7-13(8)10(2,3)4/h5-7H,1H2,2-4H3. The van der Waals surface area contributed by atoms with E-state index in [1.54, 1.807) is 23.5 Å². The van der Waals surface area contributed by atoms with Gasteiger partial charge in [-0.2, -0.15) is 5.10 Å². The molecule has 14 heavy (non-hydrogen) atoms. The van der Waals surface area contributed by atoms with Crippen molar-refractivity contribution in [3.8, 4) is 0 Å². The monoisotopic (exact) mass is 190 g/mol. The minimum Gasteiger partial charge on any atom is -0.324 e. The van der Waals surface area contributed by atoms with E-state index in [4.69, 9.17) is 0 Å². The van der Waals surface area contributed by atoms with E-state index in [9.17, 15) is 0 Å². The first-order valence-corrected chi connectivity index (χ1v) is 4.55. The second kappa shape index (κ2) is 2.70. The minimum atomic E-state index is -0.00387. The van der Waals surface area contributed by atoms with Crippen LogP contribution in [0.3, 0.4) is 0 Å². The zero-order valence-electron chi connectivity index (χ0n) is 8.73. The lowest BCUT2D eigenvalue weighted by atomic mass is 10.1. The molecule has 0 radical (unpaired) electrons. The average molecular weight is 190 g/mol. The maximum atomic E-state index is 4.25. The Balaban J connectivity index is 2.43. The topological polar surface area (TPSA) is 33.4 Å². The number of nitrogens with zero attached hydrogens (tertiary/aromatic N) is 4. The van der Waals surface area contributed by atoms with Crippen LogP contribution in [0.25, 0.3) is 5.70 Å². The molecule has 4 nitrogen and oxygen atoms in total. The summed E-state index contributed by atoms with van der Waals surface area (Å²) in [5, 5.41) is 4.25. The number of aromatic nitrogens is 2. The molecule has 0 amide bonds. The zero-order valence-corrected chi connectivity index (χ0v) is 8.73. The fraction of sp³-hybridized carbons (Fsp3) is 0.400. The second-order valence-electron chi connectivity index (χ2n) is 4.34. The molecule has 0 N–H and O–H groups in total. The Morgan fingerprint density at radius 1 is 1.36 bits per heavy atom. The number of hydrogen-bond acceptors (Lipinski definition) is 3. The van der Waals surface area contributed by atoms with Gasteiger partial charge in [-0.25, -0.2) is 9.66 Å². The van der Waals surface area contributed by atoms with Crippen molar-refractivity contribution in [1.29, 1.82) is 0 Å². The van der Waals surface area contributed by atoms with Gasteiger partial charge in [0.25, 0.3) is 0 Å². The Morgan fingerprint density at radius 2 is 2.07 bits per heavy atom. The maximum Gasteiger partial charge on any atom is 0.117 e. The van der Waals surface area contributed by atoms with Gasteiger partial charge >= 0.3 is 0 Å². The largest absolute Gasteiger partial charge is 0.324 e. The summed E-state index contributed by atoms with van der Waals surface area (Å²) in [5.74, 6) is 0. The third-order valence-corrected chi connectivity index (χ3v) is 2.22. The van der Waals surface area contributed by atoms with Crippen LogP contribution in [0, 0.1) is 0 Å². The summed E-state index contributed by atoms with van der Waals surface area (Å²) in [6, 6.07) is 0. The molecule has 0 atom stereocenters. The molecule has 0 saturated carbocycles. The molecule has 4 heteroatoms. The SMILES string of the molecule is C=C1c2cncn2N=CN1C(C)(C)C. The van der Waals surface area contributed by atoms with Crippen molar-refractivity contribution in [3.63, 3.8) is 0 Å². The fourth-order valence-corrected chi connectivity index (χ4v) is 1.47. The summed E-state index contributed by atoms with van der Waals surface area (Å²) in [4.78, 5) is 6.08. The smallest absolute Gasteiger partial charge is 0.117 e. The van der Waals surface area contributed by atoms with Crippen LogP contribution in [0.2, 0.25) is 0 Å². The number of imidazole rings is 1. The summed E-state index contributed by atoms with van der Waals surface area (Å²) in [6.07, 6.45) is 5.24. The highest BCUT2D eigenvalue weighted by molar-refractivity contribution is 5.77. The van der Waals surface area contributed by atoms with Crippen LogP contribution in [0.1, 0.15) is 26.5 Å². The van der Waals surface area contributed by atoms with Crippen LogP contribution in [0.5, 0.6) is 0 Å². The van der Waals surface area contributed by atoms with Gasteiger partial charge < -0.3 is 4.90 Å². The van der Waals surface area contributed by atoms with Crippen LogP contribution in [0.4, 0.5) is 0 Å². The first-order chi connectivity index (χ1) is 6.50. The molecular formula is C10H14N4. The molecule has 0 aliphatic carbocycles. The van der Waals surface area contributed by atoms with Gasteiger partial charge in [-0.05, 0) is 20.8 Å². The van der Waals surface area contributed by atoms with Crippen molar-refractivity contribution in [2.45, 2.75) is 26.3 Å². The van der Waals surface area contributed by atoms with Crippen molar-refractivity contribution in [2.75, 3.05) is 0 Å². The molecule has 1 aromatic rings. The van der Waals surface area contributed by atoms with Crippen molar-refractivity contribution >= 4 is 12.0 Å². The van der Waals surface area contributed by atoms with E-state index in [0.717, 1.165) is 11.4 Å². The van der Waals surface area contributed by atoms with Gasteiger partial charge in [0.1, 0.15) is 18.4 Å². The van der Waals surface area contributed by atoms with Gasteiger partial charge in [-0.3, -0.25) is 0 Å². The molecule has 0 saturated heterocycles. The molecule has 74 valence electrons. The van der Waals surface area contributed by atoms with Gasteiger partial charge in [-0.1, -0.05) is 6.58 Å². The molecule has 0 unspecified atom stereocenters. The average Bonchev–Trinajstić information content (AvgIpc) is 2.50. The van der Waals surface area contributed by atoms with Gasteiger partial charge in [0.05, 0.1) is 11.9 Å². The Morgan fingerprint density at radius 3 is 2.71 bits per heavy atom. The van der Waals surface area contributed by atoms with Gasteiger partial charge in [-0.15, -0.1) is 0 Å². The highest BCUT2D eigenvalue weighted by atomic mass is 15.4. The van der Waals surface area contributed by atoms with Crippen molar-refractivity contribution in [2.24, 2.45) is 5.10 Å². The molecule has 0 aromatic carbocycles. The van der Waals surface area contributed by atoms with Crippen molar-refractivity contribution in [3.05, 3.63) is 24.8 Å². The highest BCUT2D eigenvalue weighted by Crippen LogP contribution is 2.26. The van der Waals surface area contributed by atoms with Crippen LogP contribution in [-0.4, -0.2) is 26.4 Å². The van der Waals surface area contributed by atoms with Crippen LogP contribution >= 0.6 is 0 Å². The van der Waals surface area contributed by atoms with Crippen LogP contribution < -0.4 is 0 Å². The Kier molecular flexibility index (Phi) is 1.74. The van der Waals surface area contributed by atoms with Gasteiger partial charge in [0.2, 0.25) is 0 Å². The van der Waals surface area contributed by atoms with Crippen molar-refractivity contribution in [1.82, 2.24) is 14.6 Å². The van der Waals surface area contributed by atoms with E-state index < -0.39 is 0 Å². The third kappa shape index (κ3) is 1.23. The van der Waals surface area contributed by atoms with Gasteiger partial charge in [0, 0.05) is 5.54 Å². The molecule has 1 aliphatic rings. The highest BCUT2D eigenvalue weighted by Gasteiger charge is 2.26. The molecule has 1 aliphatic heterocycles. The zero-order chi connectivity index (χ0) is 10.3. The van der Waals surface area contributed by atoms with E-state index in [1.807, 2.05) is 4.90 Å². The number of rotatable bonds is 0. The quantitative estimate of drug-likeness (QED) is 0.624. The molecular weight excluding hydrogens is 176 g/mol. The van der Waals surface area contributed by atoms with E-state index >= 15 is 0 Å². The minimum absolute atomic E-state index is 0.00387. The summed E-state index contributed by atoms with van der Waals surface area (Å²) in [7, 11) is 0. The van der Waals surface area contributed by atoms with Gasteiger partial charge in [0.15, 0.2) is 0 Å². The predicted molar refractivity (Wildman–Crippen MR) is 56.7 cm³/mol. The molecule has 0 fully saturated rings. The third-order valence-electron chi connectivity index (χ3n) is 2.22. The van der Waals surface area contributed by atoms with Crippen LogP contribution in [-0.2, 0) is 0 Å². The summed E-state index contributed by atoms with van der Waals surface area (Å²) in [5.41, 5.74) is 1.88. The predicted octanol–water partition coefficient (Wildman–Crippen LogP) is 1.76. The lowest BCUT2D eigenvalue weighted by Gasteiger charge is -2.36. The maximum absolute atomic E-state index is 4.25. The Labute approximate surface area is 83.6 Å². The molecule has 1 aromatic heterocycles. The van der Waals surface area contributed by atoms with E-state index in [2.05, 4.69) is 37.4 Å². The first kappa shape index (κ1) is 8.99. The Hall–Kier alpha value is -1.58. The molecule has 2 rings (SSSR count). The number of fused-ring (bicyclic) bond motifs is 1. The van der Waals surface area contributed by atoms with Crippen molar-refractivity contribution < 1.29 is 0 Å². The second-order valence-corrected chi connectivity index (χ2v) is 4.34. The summed E-state index contributed by atoms with van der Waals surface area (Å²) < 4.78 is 1.73. The van der Waals surface area contributed by atoms with E-state index in [-0.39, 0.29) is 5.54 Å². The van der Waals surface area contributed by atoms with E-state index in [0.29, 0.717) is 0 Å². The van der Waals surface area contributed by atoms with Crippen LogP contribution in [0.15, 0.2) is 24.2 Å². The summed E-state index contributed by atoms with van der Waals surface area (Å²) >= 11 is 0. The van der Waals surface area contributed by atoms with E-state index in [1.165, 1.54) is 0 Å². The molecule has 0 spiro atoms. The lowest BCUT2D eigenvalue weighted by Crippen LogP contribution is -2.40. The molecule has 2 heterocycles. The number of hydrogen-bond donors (Lipinski definition) is 0. The summed E-state index contributed by atoms with van der Waals surface area (Å²) in [6.45, 7) is 10.4.